The van der Waals surface area contributed by atoms with E-state index in [1.807, 2.05) is 24.3 Å². The smallest absolute Gasteiger partial charge is 0.336 e. The predicted molar refractivity (Wildman–Crippen MR) is 90.7 cm³/mol. The van der Waals surface area contributed by atoms with Gasteiger partial charge in [0.15, 0.2) is 0 Å². The maximum atomic E-state index is 11.5. The Labute approximate surface area is 132 Å². The van der Waals surface area contributed by atoms with Crippen LogP contribution in [0.1, 0.15) is 21.5 Å². The highest BCUT2D eigenvalue weighted by Crippen LogP contribution is 2.32. The van der Waals surface area contributed by atoms with E-state index in [1.165, 1.54) is 21.9 Å². The monoisotopic (exact) mass is 296 g/mol. The second-order valence-electron chi connectivity index (χ2n) is 5.94. The molecule has 0 atom stereocenters. The van der Waals surface area contributed by atoms with Gasteiger partial charge in [-0.1, -0.05) is 48.5 Å². The van der Waals surface area contributed by atoms with Gasteiger partial charge in [-0.05, 0) is 62.0 Å². The minimum absolute atomic E-state index is 0.364. The zero-order chi connectivity index (χ0) is 15.6. The number of hydrogen-bond acceptors (Lipinski definition) is 1. The molecule has 2 aliphatic rings. The lowest BCUT2D eigenvalue weighted by Gasteiger charge is -2.05. The maximum absolute atomic E-state index is 11.5. The first-order chi connectivity index (χ1) is 11.2. The molecule has 1 N–H and O–H groups in total. The molecular formula is C21H12O2. The SMILES string of the molecule is O=C(O)c1cccc2c1C=c1c-2ccc2c1=Cc1ccccc1-2. The number of aromatic carboxylic acids is 1. The maximum Gasteiger partial charge on any atom is 0.336 e. The second kappa shape index (κ2) is 4.20. The lowest BCUT2D eigenvalue weighted by atomic mass is 9.99. The lowest BCUT2D eigenvalue weighted by molar-refractivity contribution is 0.0696. The van der Waals surface area contributed by atoms with E-state index in [1.54, 1.807) is 6.07 Å². The van der Waals surface area contributed by atoms with Crippen LogP contribution < -0.4 is 10.4 Å². The van der Waals surface area contributed by atoms with Gasteiger partial charge in [-0.3, -0.25) is 0 Å². The number of benzene rings is 3. The summed E-state index contributed by atoms with van der Waals surface area (Å²) in [4.78, 5) is 11.5. The van der Waals surface area contributed by atoms with Crippen molar-refractivity contribution in [2.24, 2.45) is 0 Å². The molecule has 23 heavy (non-hydrogen) atoms. The third-order valence-corrected chi connectivity index (χ3v) is 4.75. The fourth-order valence-electron chi connectivity index (χ4n) is 3.73. The molecule has 0 aliphatic heterocycles. The van der Waals surface area contributed by atoms with Crippen molar-refractivity contribution in [3.05, 3.63) is 81.7 Å². The Morgan fingerprint density at radius 3 is 2.22 bits per heavy atom. The van der Waals surface area contributed by atoms with Crippen molar-refractivity contribution in [2.45, 2.75) is 0 Å². The van der Waals surface area contributed by atoms with Crippen LogP contribution in [-0.2, 0) is 0 Å². The van der Waals surface area contributed by atoms with Gasteiger partial charge in [-0.25, -0.2) is 4.79 Å². The van der Waals surface area contributed by atoms with E-state index < -0.39 is 5.97 Å². The molecule has 0 unspecified atom stereocenters. The molecule has 2 nitrogen and oxygen atoms in total. The van der Waals surface area contributed by atoms with Crippen LogP contribution >= 0.6 is 0 Å². The van der Waals surface area contributed by atoms with Gasteiger partial charge in [0, 0.05) is 0 Å². The Hall–Kier alpha value is -3.13. The summed E-state index contributed by atoms with van der Waals surface area (Å²) in [7, 11) is 0. The van der Waals surface area contributed by atoms with Crippen molar-refractivity contribution < 1.29 is 9.90 Å². The molecule has 108 valence electrons. The number of rotatable bonds is 1. The van der Waals surface area contributed by atoms with Crippen LogP contribution in [0.25, 0.3) is 34.4 Å². The van der Waals surface area contributed by atoms with E-state index in [-0.39, 0.29) is 0 Å². The normalized spacial score (nSPS) is 12.5. The summed E-state index contributed by atoms with van der Waals surface area (Å²) < 4.78 is 0. The molecule has 0 aromatic heterocycles. The van der Waals surface area contributed by atoms with Gasteiger partial charge in [0.25, 0.3) is 0 Å². The quantitative estimate of drug-likeness (QED) is 0.516. The van der Waals surface area contributed by atoms with Gasteiger partial charge < -0.3 is 5.11 Å². The van der Waals surface area contributed by atoms with Crippen molar-refractivity contribution in [3.8, 4) is 22.3 Å². The summed E-state index contributed by atoms with van der Waals surface area (Å²) in [5, 5.41) is 11.8. The lowest BCUT2D eigenvalue weighted by Crippen LogP contribution is -2.25. The van der Waals surface area contributed by atoms with Crippen molar-refractivity contribution >= 4 is 18.1 Å². The molecule has 0 radical (unpaired) electrons. The molecule has 0 spiro atoms. The Morgan fingerprint density at radius 2 is 1.39 bits per heavy atom. The molecule has 3 aromatic carbocycles. The zero-order valence-corrected chi connectivity index (χ0v) is 12.2. The number of carbonyl (C=O) groups is 1. The first-order valence-corrected chi connectivity index (χ1v) is 7.56. The van der Waals surface area contributed by atoms with Gasteiger partial charge in [-0.2, -0.15) is 0 Å². The molecule has 5 rings (SSSR count). The molecule has 0 saturated heterocycles. The van der Waals surface area contributed by atoms with Crippen LogP contribution in [0.4, 0.5) is 0 Å². The van der Waals surface area contributed by atoms with Gasteiger partial charge >= 0.3 is 5.97 Å². The van der Waals surface area contributed by atoms with Crippen molar-refractivity contribution in [1.82, 2.24) is 0 Å². The van der Waals surface area contributed by atoms with Crippen LogP contribution in [0, 0.1) is 0 Å². The van der Waals surface area contributed by atoms with Gasteiger partial charge in [0.2, 0.25) is 0 Å². The van der Waals surface area contributed by atoms with Crippen LogP contribution in [-0.4, -0.2) is 11.1 Å². The Morgan fingerprint density at radius 1 is 0.696 bits per heavy atom. The number of fused-ring (bicyclic) bond motifs is 7. The third-order valence-electron chi connectivity index (χ3n) is 4.75. The van der Waals surface area contributed by atoms with E-state index in [4.69, 9.17) is 0 Å². The van der Waals surface area contributed by atoms with Gasteiger partial charge in [0.05, 0.1) is 5.56 Å². The predicted octanol–water partition coefficient (Wildman–Crippen LogP) is 3.00. The van der Waals surface area contributed by atoms with Crippen molar-refractivity contribution in [1.29, 1.82) is 0 Å². The molecule has 0 amide bonds. The summed E-state index contributed by atoms with van der Waals surface area (Å²) in [6.07, 6.45) is 4.22. The topological polar surface area (TPSA) is 37.3 Å². The molecule has 2 aliphatic carbocycles. The minimum atomic E-state index is -0.880. The zero-order valence-electron chi connectivity index (χ0n) is 12.2. The number of carboxylic acid groups (broad SMARTS) is 1. The molecule has 2 heteroatoms. The molecular weight excluding hydrogens is 284 g/mol. The third kappa shape index (κ3) is 1.55. The van der Waals surface area contributed by atoms with E-state index >= 15 is 0 Å². The first kappa shape index (κ1) is 12.4. The van der Waals surface area contributed by atoms with E-state index in [2.05, 4.69) is 36.4 Å². The summed E-state index contributed by atoms with van der Waals surface area (Å²) >= 11 is 0. The van der Waals surface area contributed by atoms with E-state index in [9.17, 15) is 9.90 Å². The van der Waals surface area contributed by atoms with Crippen molar-refractivity contribution in [3.63, 3.8) is 0 Å². The largest absolute Gasteiger partial charge is 0.478 e. The highest BCUT2D eigenvalue weighted by molar-refractivity contribution is 5.99. The Bertz CT molecular complexity index is 1140. The summed E-state index contributed by atoms with van der Waals surface area (Å²) in [6.45, 7) is 0. The molecule has 3 aromatic rings. The van der Waals surface area contributed by atoms with Crippen LogP contribution in [0.15, 0.2) is 54.6 Å². The highest BCUT2D eigenvalue weighted by atomic mass is 16.4. The Kier molecular flexibility index (Phi) is 2.27. The fourth-order valence-corrected chi connectivity index (χ4v) is 3.73. The second-order valence-corrected chi connectivity index (χ2v) is 5.94. The fraction of sp³-hybridized carbons (Fsp3) is 0. The average molecular weight is 296 g/mol. The minimum Gasteiger partial charge on any atom is -0.478 e. The first-order valence-electron chi connectivity index (χ1n) is 7.56. The standard InChI is InChI=1S/C21H12O2/c22-21(23)17-7-3-6-14-16-9-8-15-13-5-2-1-4-12(13)10-18(15)20(16)11-19(14)17/h1-11H,(H,22,23). The molecule has 0 bridgehead atoms. The van der Waals surface area contributed by atoms with Crippen LogP contribution in [0.5, 0.6) is 0 Å². The highest BCUT2D eigenvalue weighted by Gasteiger charge is 2.21. The van der Waals surface area contributed by atoms with Crippen LogP contribution in [0.3, 0.4) is 0 Å². The molecule has 0 saturated carbocycles. The molecule has 0 heterocycles. The summed E-state index contributed by atoms with van der Waals surface area (Å²) in [5.41, 5.74) is 6.99. The number of hydrogen-bond donors (Lipinski definition) is 1. The number of carboxylic acids is 1. The molecule has 0 fully saturated rings. The van der Waals surface area contributed by atoms with E-state index in [0.717, 1.165) is 21.9 Å². The van der Waals surface area contributed by atoms with E-state index in [0.29, 0.717) is 5.56 Å². The summed E-state index contributed by atoms with van der Waals surface area (Å²) in [6, 6.07) is 18.1. The Balaban J connectivity index is 1.89. The average Bonchev–Trinajstić information content (AvgIpc) is 3.12. The van der Waals surface area contributed by atoms with Gasteiger partial charge in [-0.15, -0.1) is 0 Å². The van der Waals surface area contributed by atoms with Crippen LogP contribution in [0.2, 0.25) is 0 Å². The van der Waals surface area contributed by atoms with Crippen molar-refractivity contribution in [2.75, 3.05) is 0 Å². The van der Waals surface area contributed by atoms with Gasteiger partial charge in [0.1, 0.15) is 0 Å². The summed E-state index contributed by atoms with van der Waals surface area (Å²) in [5.74, 6) is -0.880.